The minimum absolute atomic E-state index is 0.140. The van der Waals surface area contributed by atoms with Gasteiger partial charge in [0.15, 0.2) is 5.75 Å². The molecule has 0 amide bonds. The molecule has 7 nitrogen and oxygen atoms in total. The second-order valence-electron chi connectivity index (χ2n) is 5.64. The third kappa shape index (κ3) is 2.22. The average molecular weight is 355 g/mol. The molecule has 0 fully saturated rings. The van der Waals surface area contributed by atoms with Crippen LogP contribution in [-0.2, 0) is 13.6 Å². The molecule has 4 aromatic rings. The lowest BCUT2D eigenvalue weighted by Gasteiger charge is -2.10. The molecule has 3 aromatic heterocycles. The van der Waals surface area contributed by atoms with Crippen LogP contribution < -0.4 is 5.56 Å². The summed E-state index contributed by atoms with van der Waals surface area (Å²) >= 11 is 1.17. The lowest BCUT2D eigenvalue weighted by molar-refractivity contribution is 0.0695. The Hall–Kier alpha value is -3.13. The molecule has 0 saturated carbocycles. The molecule has 0 atom stereocenters. The Morgan fingerprint density at radius 3 is 2.76 bits per heavy atom. The van der Waals surface area contributed by atoms with E-state index in [-0.39, 0.29) is 12.1 Å². The molecule has 126 valence electrons. The summed E-state index contributed by atoms with van der Waals surface area (Å²) < 4.78 is 3.46. The third-order valence-electron chi connectivity index (χ3n) is 4.20. The van der Waals surface area contributed by atoms with Crippen molar-refractivity contribution in [2.24, 2.45) is 7.05 Å². The molecule has 2 N–H and O–H groups in total. The zero-order valence-corrected chi connectivity index (χ0v) is 13.9. The van der Waals surface area contributed by atoms with Gasteiger partial charge in [-0.1, -0.05) is 18.2 Å². The van der Waals surface area contributed by atoms with Crippen molar-refractivity contribution in [1.29, 1.82) is 0 Å². The van der Waals surface area contributed by atoms with Crippen molar-refractivity contribution in [3.8, 4) is 5.75 Å². The molecule has 0 bridgehead atoms. The van der Waals surface area contributed by atoms with E-state index in [0.717, 1.165) is 10.9 Å². The number of rotatable bonds is 3. The number of carboxylic acid groups (broad SMARTS) is 1. The van der Waals surface area contributed by atoms with Crippen LogP contribution in [0.25, 0.3) is 21.1 Å². The minimum atomic E-state index is -1.32. The lowest BCUT2D eigenvalue weighted by atomic mass is 10.2. The fourth-order valence-corrected chi connectivity index (χ4v) is 4.00. The fraction of sp³-hybridized carbons (Fsp3) is 0.118. The number of carbonyl (C=O) groups is 1. The van der Waals surface area contributed by atoms with Crippen molar-refractivity contribution in [3.05, 3.63) is 57.3 Å². The topological polar surface area (TPSA) is 97.4 Å². The maximum absolute atomic E-state index is 12.6. The molecule has 0 unspecified atom stereocenters. The first-order valence-corrected chi connectivity index (χ1v) is 8.34. The van der Waals surface area contributed by atoms with E-state index in [1.807, 2.05) is 31.3 Å². The summed E-state index contributed by atoms with van der Waals surface area (Å²) in [4.78, 5) is 24.0. The van der Waals surface area contributed by atoms with Gasteiger partial charge in [0.25, 0.3) is 5.56 Å². The van der Waals surface area contributed by atoms with Crippen molar-refractivity contribution in [3.63, 3.8) is 0 Å². The SMILES string of the molecule is Cn1nc(Cn2c(=O)c(O)c(C(=O)O)c3sccc32)c2ccccc21. The zero-order valence-electron chi connectivity index (χ0n) is 13.1. The molecule has 4 rings (SSSR count). The number of pyridine rings is 1. The van der Waals surface area contributed by atoms with Crippen LogP contribution in [0.1, 0.15) is 16.1 Å². The molecule has 0 saturated heterocycles. The lowest BCUT2D eigenvalue weighted by Crippen LogP contribution is -2.23. The number of carboxylic acids is 1. The van der Waals surface area contributed by atoms with Crippen molar-refractivity contribution in [2.45, 2.75) is 6.54 Å². The van der Waals surface area contributed by atoms with Crippen LogP contribution in [0.15, 0.2) is 40.5 Å². The minimum Gasteiger partial charge on any atom is -0.502 e. The van der Waals surface area contributed by atoms with E-state index in [1.54, 1.807) is 16.1 Å². The van der Waals surface area contributed by atoms with Gasteiger partial charge in [-0.3, -0.25) is 14.0 Å². The van der Waals surface area contributed by atoms with E-state index >= 15 is 0 Å². The Kier molecular flexibility index (Phi) is 3.36. The molecule has 25 heavy (non-hydrogen) atoms. The number of aryl methyl sites for hydroxylation is 1. The second-order valence-corrected chi connectivity index (χ2v) is 6.56. The Morgan fingerprint density at radius 1 is 1.24 bits per heavy atom. The molecule has 0 aliphatic heterocycles. The number of hydrogen-bond acceptors (Lipinski definition) is 5. The van der Waals surface area contributed by atoms with Gasteiger partial charge in [0.1, 0.15) is 5.56 Å². The van der Waals surface area contributed by atoms with Crippen LogP contribution in [0, 0.1) is 0 Å². The van der Waals surface area contributed by atoms with Crippen LogP contribution in [0.5, 0.6) is 5.75 Å². The van der Waals surface area contributed by atoms with Crippen LogP contribution >= 0.6 is 11.3 Å². The quantitative estimate of drug-likeness (QED) is 0.588. The summed E-state index contributed by atoms with van der Waals surface area (Å²) in [7, 11) is 1.82. The first-order chi connectivity index (χ1) is 12.0. The van der Waals surface area contributed by atoms with Gasteiger partial charge in [-0.25, -0.2) is 4.79 Å². The summed E-state index contributed by atoms with van der Waals surface area (Å²) in [5.41, 5.74) is 0.990. The van der Waals surface area contributed by atoms with Gasteiger partial charge in [0.2, 0.25) is 0 Å². The van der Waals surface area contributed by atoms with Crippen molar-refractivity contribution in [1.82, 2.24) is 14.3 Å². The smallest absolute Gasteiger partial charge is 0.341 e. The highest BCUT2D eigenvalue weighted by atomic mass is 32.1. The largest absolute Gasteiger partial charge is 0.502 e. The molecule has 0 radical (unpaired) electrons. The van der Waals surface area contributed by atoms with Gasteiger partial charge in [0.05, 0.1) is 28.0 Å². The van der Waals surface area contributed by atoms with Crippen molar-refractivity contribution < 1.29 is 15.0 Å². The first-order valence-electron chi connectivity index (χ1n) is 7.46. The monoisotopic (exact) mass is 355 g/mol. The highest BCUT2D eigenvalue weighted by Gasteiger charge is 2.23. The number of benzene rings is 1. The number of para-hydroxylation sites is 1. The Labute approximate surface area is 145 Å². The predicted molar refractivity (Wildman–Crippen MR) is 94.5 cm³/mol. The molecule has 1 aromatic carbocycles. The van der Waals surface area contributed by atoms with Crippen LogP contribution in [0.3, 0.4) is 0 Å². The van der Waals surface area contributed by atoms with Gasteiger partial charge < -0.3 is 10.2 Å². The fourth-order valence-electron chi connectivity index (χ4n) is 3.06. The van der Waals surface area contributed by atoms with E-state index < -0.39 is 17.3 Å². The number of aromatic nitrogens is 3. The summed E-state index contributed by atoms with van der Waals surface area (Å²) in [6.45, 7) is 0.140. The second kappa shape index (κ2) is 5.45. The van der Waals surface area contributed by atoms with Gasteiger partial charge in [-0.15, -0.1) is 11.3 Å². The number of fused-ring (bicyclic) bond motifs is 2. The standard InChI is InChI=1S/C17H13N3O4S/c1-19-11-5-3-2-4-9(11)10(18-19)8-20-12-6-7-25-15(12)13(17(23)24)14(21)16(20)22/h2-7,21H,8H2,1H3,(H,23,24). The molecule has 8 heteroatoms. The predicted octanol–water partition coefficient (Wildman–Crippen LogP) is 2.40. The Balaban J connectivity index is 1.98. The van der Waals surface area contributed by atoms with Crippen LogP contribution in [0.2, 0.25) is 0 Å². The number of hydrogen-bond donors (Lipinski definition) is 2. The molecule has 3 heterocycles. The molecule has 0 aliphatic carbocycles. The molecule has 0 spiro atoms. The van der Waals surface area contributed by atoms with Crippen LogP contribution in [-0.4, -0.2) is 30.5 Å². The molecular formula is C17H13N3O4S. The number of aromatic carboxylic acids is 1. The maximum Gasteiger partial charge on any atom is 0.341 e. The molecule has 0 aliphatic rings. The highest BCUT2D eigenvalue weighted by Crippen LogP contribution is 2.29. The van der Waals surface area contributed by atoms with Crippen molar-refractivity contribution >= 4 is 38.4 Å². The number of aromatic hydroxyl groups is 1. The van der Waals surface area contributed by atoms with Gasteiger partial charge in [-0.2, -0.15) is 5.10 Å². The Bertz CT molecular complexity index is 1200. The van der Waals surface area contributed by atoms with Gasteiger partial charge in [0, 0.05) is 12.4 Å². The van der Waals surface area contributed by atoms with Crippen LogP contribution in [0.4, 0.5) is 0 Å². The third-order valence-corrected chi connectivity index (χ3v) is 5.12. The van der Waals surface area contributed by atoms with E-state index in [0.29, 0.717) is 15.9 Å². The van der Waals surface area contributed by atoms with E-state index in [4.69, 9.17) is 0 Å². The maximum atomic E-state index is 12.6. The summed E-state index contributed by atoms with van der Waals surface area (Å²) in [6, 6.07) is 9.32. The van der Waals surface area contributed by atoms with Crippen molar-refractivity contribution in [2.75, 3.05) is 0 Å². The summed E-state index contributed by atoms with van der Waals surface area (Å²) in [5.74, 6) is -2.07. The van der Waals surface area contributed by atoms with E-state index in [2.05, 4.69) is 5.10 Å². The number of nitrogens with zero attached hydrogens (tertiary/aromatic N) is 3. The first kappa shape index (κ1) is 15.4. The van der Waals surface area contributed by atoms with E-state index in [9.17, 15) is 19.8 Å². The summed E-state index contributed by atoms with van der Waals surface area (Å²) in [5, 5.41) is 26.5. The zero-order chi connectivity index (χ0) is 17.7. The normalized spacial score (nSPS) is 11.4. The Morgan fingerprint density at radius 2 is 2.00 bits per heavy atom. The summed E-state index contributed by atoms with van der Waals surface area (Å²) in [6.07, 6.45) is 0. The van der Waals surface area contributed by atoms with Gasteiger partial charge >= 0.3 is 5.97 Å². The van der Waals surface area contributed by atoms with Gasteiger partial charge in [-0.05, 0) is 17.5 Å². The molecular weight excluding hydrogens is 342 g/mol. The number of thiophene rings is 1. The van der Waals surface area contributed by atoms with E-state index in [1.165, 1.54) is 15.9 Å². The highest BCUT2D eigenvalue weighted by molar-refractivity contribution is 7.17. The average Bonchev–Trinajstić information content (AvgIpc) is 3.17.